The van der Waals surface area contributed by atoms with E-state index in [1.165, 1.54) is 66.1 Å². The normalized spacial score (nSPS) is 17.9. The van der Waals surface area contributed by atoms with Gasteiger partial charge >= 0.3 is 0 Å². The Morgan fingerprint density at radius 2 is 0.971 bits per heavy atom. The van der Waals surface area contributed by atoms with Gasteiger partial charge in [0.15, 0.2) is 0 Å². The fourth-order valence-corrected chi connectivity index (χ4v) is 6.81. The van der Waals surface area contributed by atoms with Gasteiger partial charge in [-0.1, -0.05) is 100 Å². The molecular formula is C34H30. The highest BCUT2D eigenvalue weighted by Gasteiger charge is 2.43. The van der Waals surface area contributed by atoms with Gasteiger partial charge in [-0.3, -0.25) is 0 Å². The molecule has 0 aromatic heterocycles. The van der Waals surface area contributed by atoms with Crippen LogP contribution >= 0.6 is 0 Å². The lowest BCUT2D eigenvalue weighted by atomic mass is 9.59. The molecule has 3 aliphatic carbocycles. The van der Waals surface area contributed by atoms with Crippen LogP contribution in [0.4, 0.5) is 0 Å². The minimum Gasteiger partial charge on any atom is -0.0616 e. The summed E-state index contributed by atoms with van der Waals surface area (Å²) >= 11 is 0. The van der Waals surface area contributed by atoms with E-state index in [9.17, 15) is 0 Å². The summed E-state index contributed by atoms with van der Waals surface area (Å²) in [7, 11) is 0. The molecule has 2 atom stereocenters. The second-order valence-corrected chi connectivity index (χ2v) is 10.9. The van der Waals surface area contributed by atoms with Crippen molar-refractivity contribution in [2.45, 2.75) is 51.4 Å². The lowest BCUT2D eigenvalue weighted by molar-refractivity contribution is 0.734. The number of hydrogen-bond acceptors (Lipinski definition) is 0. The van der Waals surface area contributed by atoms with Crippen molar-refractivity contribution >= 4 is 21.5 Å². The molecular weight excluding hydrogens is 408 g/mol. The molecule has 5 aromatic carbocycles. The van der Waals surface area contributed by atoms with Crippen molar-refractivity contribution in [2.24, 2.45) is 0 Å². The quantitative estimate of drug-likeness (QED) is 0.252. The Hall–Kier alpha value is -3.38. The van der Waals surface area contributed by atoms with Gasteiger partial charge in [0, 0.05) is 11.8 Å². The van der Waals surface area contributed by atoms with Crippen LogP contribution in [0.15, 0.2) is 84.9 Å². The average Bonchev–Trinajstić information content (AvgIpc) is 2.86. The summed E-state index contributed by atoms with van der Waals surface area (Å²) < 4.78 is 0. The standard InChI is InChI=1S/C34H30/c1-19(2)26-17-30-31(18-27(26)20(3)4)34-29-16-23-11-6-5-10-22(23)15-28(29)32(30)25-14-13-21-9-7-8-12-24(21)33(25)34/h5-20,32,34H,1-4H3. The summed E-state index contributed by atoms with van der Waals surface area (Å²) in [6.07, 6.45) is 0. The van der Waals surface area contributed by atoms with Crippen LogP contribution in [0, 0.1) is 0 Å². The van der Waals surface area contributed by atoms with Gasteiger partial charge in [-0.2, -0.15) is 0 Å². The van der Waals surface area contributed by atoms with Crippen molar-refractivity contribution < 1.29 is 0 Å². The Labute approximate surface area is 202 Å². The van der Waals surface area contributed by atoms with Gasteiger partial charge in [-0.25, -0.2) is 0 Å². The lowest BCUT2D eigenvalue weighted by Crippen LogP contribution is -2.28. The largest absolute Gasteiger partial charge is 0.0616 e. The van der Waals surface area contributed by atoms with E-state index in [-0.39, 0.29) is 0 Å². The van der Waals surface area contributed by atoms with Gasteiger partial charge in [0.1, 0.15) is 0 Å². The average molecular weight is 439 g/mol. The minimum absolute atomic E-state index is 0.291. The molecule has 0 saturated heterocycles. The maximum Gasteiger partial charge on any atom is 0.0355 e. The van der Waals surface area contributed by atoms with Gasteiger partial charge in [-0.15, -0.1) is 0 Å². The van der Waals surface area contributed by atoms with E-state index in [1.807, 2.05) is 0 Å². The Balaban J connectivity index is 1.62. The van der Waals surface area contributed by atoms with E-state index in [2.05, 4.69) is 113 Å². The summed E-state index contributed by atoms with van der Waals surface area (Å²) in [6, 6.07) is 32.7. The molecule has 2 bridgehead atoms. The molecule has 0 fully saturated rings. The van der Waals surface area contributed by atoms with E-state index >= 15 is 0 Å². The maximum atomic E-state index is 2.58. The molecule has 8 rings (SSSR count). The first-order chi connectivity index (χ1) is 16.5. The van der Waals surface area contributed by atoms with E-state index in [0.29, 0.717) is 23.7 Å². The van der Waals surface area contributed by atoms with E-state index in [0.717, 1.165) is 0 Å². The van der Waals surface area contributed by atoms with Gasteiger partial charge in [0.05, 0.1) is 0 Å². The van der Waals surface area contributed by atoms with Crippen LogP contribution in [0.3, 0.4) is 0 Å². The number of benzene rings is 5. The first kappa shape index (κ1) is 20.0. The number of fused-ring (bicyclic) bond motifs is 2. The van der Waals surface area contributed by atoms with E-state index < -0.39 is 0 Å². The second-order valence-electron chi connectivity index (χ2n) is 10.9. The maximum absolute atomic E-state index is 2.58. The van der Waals surface area contributed by atoms with Gasteiger partial charge in [-0.05, 0) is 90.0 Å². The van der Waals surface area contributed by atoms with E-state index in [4.69, 9.17) is 0 Å². The molecule has 2 unspecified atom stereocenters. The Morgan fingerprint density at radius 3 is 1.59 bits per heavy atom. The van der Waals surface area contributed by atoms with Crippen molar-refractivity contribution in [1.29, 1.82) is 0 Å². The molecule has 166 valence electrons. The Bertz CT molecular complexity index is 1610. The van der Waals surface area contributed by atoms with Crippen LogP contribution in [0.25, 0.3) is 21.5 Å². The molecule has 0 heterocycles. The first-order valence-corrected chi connectivity index (χ1v) is 12.7. The SMILES string of the molecule is CC(C)c1cc2c(cc1C(C)C)C1c3cc4ccccc4cc3C2c2ccc3ccccc3c21. The molecule has 3 aliphatic rings. The summed E-state index contributed by atoms with van der Waals surface area (Å²) in [6.45, 7) is 9.38. The summed E-state index contributed by atoms with van der Waals surface area (Å²) in [5, 5.41) is 5.46. The second kappa shape index (κ2) is 7.06. The molecule has 5 aromatic rings. The lowest BCUT2D eigenvalue weighted by Gasteiger charge is -2.44. The number of rotatable bonds is 2. The molecule has 0 nitrogen and oxygen atoms in total. The third-order valence-electron chi connectivity index (χ3n) is 8.33. The third kappa shape index (κ3) is 2.60. The minimum atomic E-state index is 0.291. The Kier molecular flexibility index (Phi) is 4.16. The molecule has 0 spiro atoms. The smallest absolute Gasteiger partial charge is 0.0355 e. The van der Waals surface area contributed by atoms with Crippen molar-refractivity contribution in [3.63, 3.8) is 0 Å². The molecule has 0 amide bonds. The van der Waals surface area contributed by atoms with E-state index in [1.54, 1.807) is 0 Å². The zero-order valence-corrected chi connectivity index (χ0v) is 20.4. The summed E-state index contributed by atoms with van der Waals surface area (Å²) in [4.78, 5) is 0. The zero-order chi connectivity index (χ0) is 23.1. The van der Waals surface area contributed by atoms with Gasteiger partial charge in [0.2, 0.25) is 0 Å². The van der Waals surface area contributed by atoms with Crippen LogP contribution in [0.5, 0.6) is 0 Å². The van der Waals surface area contributed by atoms with Crippen molar-refractivity contribution in [1.82, 2.24) is 0 Å². The van der Waals surface area contributed by atoms with Crippen molar-refractivity contribution in [3.05, 3.63) is 129 Å². The molecule has 0 heteroatoms. The zero-order valence-electron chi connectivity index (χ0n) is 20.4. The van der Waals surface area contributed by atoms with Crippen LogP contribution in [-0.4, -0.2) is 0 Å². The molecule has 34 heavy (non-hydrogen) atoms. The monoisotopic (exact) mass is 438 g/mol. The number of hydrogen-bond donors (Lipinski definition) is 0. The highest BCUT2D eigenvalue weighted by molar-refractivity contribution is 5.93. The topological polar surface area (TPSA) is 0 Å². The molecule has 0 radical (unpaired) electrons. The first-order valence-electron chi connectivity index (χ1n) is 12.7. The molecule has 0 N–H and O–H groups in total. The molecule has 0 saturated carbocycles. The van der Waals surface area contributed by atoms with Crippen molar-refractivity contribution in [2.75, 3.05) is 0 Å². The van der Waals surface area contributed by atoms with Gasteiger partial charge in [0.25, 0.3) is 0 Å². The third-order valence-corrected chi connectivity index (χ3v) is 8.33. The highest BCUT2D eigenvalue weighted by atomic mass is 14.5. The Morgan fingerprint density at radius 1 is 0.471 bits per heavy atom. The van der Waals surface area contributed by atoms with Crippen LogP contribution in [0.2, 0.25) is 0 Å². The van der Waals surface area contributed by atoms with Crippen molar-refractivity contribution in [3.8, 4) is 0 Å². The predicted molar refractivity (Wildman–Crippen MR) is 144 cm³/mol. The fourth-order valence-electron chi connectivity index (χ4n) is 6.81. The van der Waals surface area contributed by atoms with Crippen LogP contribution < -0.4 is 0 Å². The van der Waals surface area contributed by atoms with Crippen LogP contribution in [-0.2, 0) is 0 Å². The van der Waals surface area contributed by atoms with Gasteiger partial charge < -0.3 is 0 Å². The fraction of sp³-hybridized carbons (Fsp3) is 0.235. The predicted octanol–water partition coefficient (Wildman–Crippen LogP) is 9.23. The summed E-state index contributed by atoms with van der Waals surface area (Å²) in [5.74, 6) is 1.64. The van der Waals surface area contributed by atoms with Crippen LogP contribution in [0.1, 0.15) is 95.9 Å². The highest BCUT2D eigenvalue weighted by Crippen LogP contribution is 2.58. The summed E-state index contributed by atoms with van der Waals surface area (Å²) in [5.41, 5.74) is 12.2. The molecule has 0 aliphatic heterocycles.